The first-order valence-electron chi connectivity index (χ1n) is 5.33. The molecule has 1 amide bonds. The molecule has 0 spiro atoms. The molecule has 0 radical (unpaired) electrons. The third-order valence-electron chi connectivity index (χ3n) is 2.66. The topological polar surface area (TPSA) is 46.3 Å². The number of amides is 1. The molecule has 1 aliphatic rings. The smallest absolute Gasteiger partial charge is 0.209 e. The Hall–Kier alpha value is -0.570. The van der Waals surface area contributed by atoms with Gasteiger partial charge < -0.3 is 10.6 Å². The summed E-state index contributed by atoms with van der Waals surface area (Å²) in [5.41, 5.74) is 5.85. The van der Waals surface area contributed by atoms with Gasteiger partial charge in [-0.05, 0) is 25.2 Å². The number of nitrogens with two attached hydrogens (primary N) is 1. The molecule has 1 atom stereocenters. The molecule has 3 heteroatoms. The van der Waals surface area contributed by atoms with E-state index in [2.05, 4.69) is 20.8 Å². The van der Waals surface area contributed by atoms with Gasteiger partial charge in [0.25, 0.3) is 0 Å². The molecule has 0 aromatic rings. The molecule has 14 heavy (non-hydrogen) atoms. The van der Waals surface area contributed by atoms with E-state index in [1.807, 2.05) is 6.92 Å². The molecular formula is C11H24N2O. The molecule has 2 N–H and O–H groups in total. The molecule has 3 nitrogen and oxygen atoms in total. The Kier molecular flexibility index (Phi) is 5.77. The van der Waals surface area contributed by atoms with Crippen LogP contribution in [0.3, 0.4) is 0 Å². The molecular weight excluding hydrogens is 176 g/mol. The highest BCUT2D eigenvalue weighted by Gasteiger charge is 2.14. The zero-order chi connectivity index (χ0) is 11.2. The van der Waals surface area contributed by atoms with E-state index in [9.17, 15) is 4.79 Å². The van der Waals surface area contributed by atoms with Crippen LogP contribution >= 0.6 is 0 Å². The van der Waals surface area contributed by atoms with E-state index in [0.717, 1.165) is 19.5 Å². The van der Waals surface area contributed by atoms with Gasteiger partial charge in [-0.15, -0.1) is 0 Å². The summed E-state index contributed by atoms with van der Waals surface area (Å²) in [6.45, 7) is 10.4. The Morgan fingerprint density at radius 3 is 1.79 bits per heavy atom. The maximum absolute atomic E-state index is 9.93. The third kappa shape index (κ3) is 5.97. The average molecular weight is 200 g/mol. The summed E-state index contributed by atoms with van der Waals surface area (Å²) in [6, 6.07) is 0.299. The monoisotopic (exact) mass is 200 g/mol. The van der Waals surface area contributed by atoms with Crippen LogP contribution < -0.4 is 5.73 Å². The molecule has 1 unspecified atom stereocenters. The SMILES string of the molecule is CC(N)C(C)(C)C.O=CN1CCCC1. The fraction of sp³-hybridized carbons (Fsp3) is 0.909. The van der Waals surface area contributed by atoms with E-state index in [0.29, 0.717) is 6.04 Å². The molecule has 0 aromatic heterocycles. The van der Waals surface area contributed by atoms with Gasteiger partial charge in [-0.3, -0.25) is 4.79 Å². The number of carbonyl (C=O) groups is 1. The molecule has 1 fully saturated rings. The van der Waals surface area contributed by atoms with Gasteiger partial charge in [0.05, 0.1) is 0 Å². The second-order valence-electron chi connectivity index (χ2n) is 5.00. The van der Waals surface area contributed by atoms with Crippen LogP contribution in [-0.4, -0.2) is 30.4 Å². The molecule has 0 aliphatic carbocycles. The van der Waals surface area contributed by atoms with Crippen molar-refractivity contribution < 1.29 is 4.79 Å². The third-order valence-corrected chi connectivity index (χ3v) is 2.66. The van der Waals surface area contributed by atoms with Crippen LogP contribution in [0.2, 0.25) is 0 Å². The van der Waals surface area contributed by atoms with Gasteiger partial charge in [0.15, 0.2) is 0 Å². The zero-order valence-corrected chi connectivity index (χ0v) is 9.92. The Bertz CT molecular complexity index is 155. The number of likely N-dealkylation sites (tertiary alicyclic amines) is 1. The lowest BCUT2D eigenvalue weighted by Crippen LogP contribution is -2.31. The van der Waals surface area contributed by atoms with Crippen molar-refractivity contribution in [3.8, 4) is 0 Å². The Balaban J connectivity index is 0.000000241. The molecule has 1 rings (SSSR count). The van der Waals surface area contributed by atoms with Gasteiger partial charge in [0.1, 0.15) is 0 Å². The predicted octanol–water partition coefficient (Wildman–Crippen LogP) is 1.62. The van der Waals surface area contributed by atoms with Crippen LogP contribution in [0.25, 0.3) is 0 Å². The number of hydrogen-bond donors (Lipinski definition) is 1. The Morgan fingerprint density at radius 2 is 1.64 bits per heavy atom. The van der Waals surface area contributed by atoms with Crippen LogP contribution in [0, 0.1) is 5.41 Å². The number of rotatable bonds is 1. The highest BCUT2D eigenvalue weighted by atomic mass is 16.1. The molecule has 0 aromatic carbocycles. The molecule has 1 saturated heterocycles. The molecule has 1 aliphatic heterocycles. The Labute approximate surface area is 87.6 Å². The van der Waals surface area contributed by atoms with Crippen molar-refractivity contribution in [2.24, 2.45) is 11.1 Å². The fourth-order valence-electron chi connectivity index (χ4n) is 0.847. The molecule has 84 valence electrons. The number of carbonyl (C=O) groups excluding carboxylic acids is 1. The minimum absolute atomic E-state index is 0.278. The van der Waals surface area contributed by atoms with E-state index in [-0.39, 0.29) is 5.41 Å². The predicted molar refractivity (Wildman–Crippen MR) is 60.0 cm³/mol. The highest BCUT2D eigenvalue weighted by molar-refractivity contribution is 5.47. The van der Waals surface area contributed by atoms with E-state index >= 15 is 0 Å². The molecule has 0 saturated carbocycles. The van der Waals surface area contributed by atoms with Crippen molar-refractivity contribution in [3.63, 3.8) is 0 Å². The second kappa shape index (κ2) is 6.02. The first kappa shape index (κ1) is 13.4. The summed E-state index contributed by atoms with van der Waals surface area (Å²) < 4.78 is 0. The van der Waals surface area contributed by atoms with E-state index < -0.39 is 0 Å². The van der Waals surface area contributed by atoms with Crippen LogP contribution in [-0.2, 0) is 4.79 Å². The minimum atomic E-state index is 0.278. The summed E-state index contributed by atoms with van der Waals surface area (Å²) >= 11 is 0. The summed E-state index contributed by atoms with van der Waals surface area (Å²) in [7, 11) is 0. The van der Waals surface area contributed by atoms with E-state index in [4.69, 9.17) is 5.73 Å². The van der Waals surface area contributed by atoms with Gasteiger partial charge >= 0.3 is 0 Å². The normalized spacial score (nSPS) is 18.5. The van der Waals surface area contributed by atoms with Gasteiger partial charge in [-0.2, -0.15) is 0 Å². The standard InChI is InChI=1S/C6H15N.C5H9NO/c1-5(7)6(2,3)4;7-5-6-3-1-2-4-6/h5H,7H2,1-4H3;5H,1-4H2. The van der Waals surface area contributed by atoms with Gasteiger partial charge in [-0.25, -0.2) is 0 Å². The van der Waals surface area contributed by atoms with E-state index in [1.54, 1.807) is 4.90 Å². The summed E-state index contributed by atoms with van der Waals surface area (Å²) in [5.74, 6) is 0. The Morgan fingerprint density at radius 1 is 1.29 bits per heavy atom. The van der Waals surface area contributed by atoms with E-state index in [1.165, 1.54) is 12.8 Å². The van der Waals surface area contributed by atoms with Crippen LogP contribution in [0.15, 0.2) is 0 Å². The van der Waals surface area contributed by atoms with Crippen LogP contribution in [0.1, 0.15) is 40.5 Å². The largest absolute Gasteiger partial charge is 0.345 e. The van der Waals surface area contributed by atoms with Gasteiger partial charge in [0.2, 0.25) is 6.41 Å². The lowest BCUT2D eigenvalue weighted by molar-refractivity contribution is -0.117. The lowest BCUT2D eigenvalue weighted by Gasteiger charge is -2.22. The lowest BCUT2D eigenvalue weighted by atomic mass is 9.89. The minimum Gasteiger partial charge on any atom is -0.345 e. The number of hydrogen-bond acceptors (Lipinski definition) is 2. The van der Waals surface area contributed by atoms with Crippen molar-refractivity contribution in [2.45, 2.75) is 46.6 Å². The van der Waals surface area contributed by atoms with Crippen LogP contribution in [0.5, 0.6) is 0 Å². The maximum atomic E-state index is 9.93. The van der Waals surface area contributed by atoms with Crippen molar-refractivity contribution in [2.75, 3.05) is 13.1 Å². The quantitative estimate of drug-likeness (QED) is 0.654. The first-order valence-corrected chi connectivity index (χ1v) is 5.33. The number of nitrogens with zero attached hydrogens (tertiary/aromatic N) is 1. The maximum Gasteiger partial charge on any atom is 0.209 e. The zero-order valence-electron chi connectivity index (χ0n) is 9.92. The summed E-state index contributed by atoms with van der Waals surface area (Å²) in [4.78, 5) is 11.7. The second-order valence-corrected chi connectivity index (χ2v) is 5.00. The van der Waals surface area contributed by atoms with Crippen molar-refractivity contribution in [1.82, 2.24) is 4.90 Å². The van der Waals surface area contributed by atoms with Crippen molar-refractivity contribution in [1.29, 1.82) is 0 Å². The molecule has 0 bridgehead atoms. The van der Waals surface area contributed by atoms with Crippen molar-refractivity contribution in [3.05, 3.63) is 0 Å². The summed E-state index contributed by atoms with van der Waals surface area (Å²) in [6.07, 6.45) is 3.31. The first-order chi connectivity index (χ1) is 6.38. The van der Waals surface area contributed by atoms with Crippen molar-refractivity contribution >= 4 is 6.41 Å². The fourth-order valence-corrected chi connectivity index (χ4v) is 0.847. The summed E-state index contributed by atoms with van der Waals surface area (Å²) in [5, 5.41) is 0. The van der Waals surface area contributed by atoms with Gasteiger partial charge in [-0.1, -0.05) is 20.8 Å². The van der Waals surface area contributed by atoms with Gasteiger partial charge in [0, 0.05) is 19.1 Å². The average Bonchev–Trinajstić information content (AvgIpc) is 2.54. The highest BCUT2D eigenvalue weighted by Crippen LogP contribution is 2.15. The van der Waals surface area contributed by atoms with Crippen LogP contribution in [0.4, 0.5) is 0 Å². The molecule has 1 heterocycles.